The summed E-state index contributed by atoms with van der Waals surface area (Å²) in [6.45, 7) is 1.20. The molecule has 0 aliphatic rings. The van der Waals surface area contributed by atoms with E-state index in [0.29, 0.717) is 5.56 Å². The summed E-state index contributed by atoms with van der Waals surface area (Å²) in [5, 5.41) is 58.0. The maximum Gasteiger partial charge on any atom is 0.336 e. The summed E-state index contributed by atoms with van der Waals surface area (Å²) < 4.78 is 0. The number of benzene rings is 1. The van der Waals surface area contributed by atoms with Crippen molar-refractivity contribution in [2.24, 2.45) is 0 Å². The van der Waals surface area contributed by atoms with Gasteiger partial charge in [-0.1, -0.05) is 18.2 Å². The Kier molecular flexibility index (Phi) is 12.2. The maximum atomic E-state index is 10.3. The molecule has 156 valence electrons. The largest absolute Gasteiger partial charge is 0.481 e. The van der Waals surface area contributed by atoms with Gasteiger partial charge in [-0.15, -0.1) is 0 Å². The molecule has 0 aromatic heterocycles. The predicted molar refractivity (Wildman–Crippen MR) is 89.8 cm³/mol. The topological polar surface area (TPSA) is 227 Å². The highest BCUT2D eigenvalue weighted by atomic mass is 16.4. The van der Waals surface area contributed by atoms with Gasteiger partial charge >= 0.3 is 29.8 Å². The molecule has 1 atom stereocenters. The number of aliphatic hydroxyl groups is 2. The molecule has 0 radical (unpaired) electrons. The molecule has 1 rings (SSSR count). The number of carboxylic acid groups (broad SMARTS) is 5. The standard InChI is InChI=1S/C7H6O2.C6H8O7.C3H6O3/c8-7(9)6-4-2-1-3-5-6;7-3(8)1-6(13,5(11)12)2-4(9)10;1-2(4)3(5)6/h1-5H,(H,8,9);13H,1-2H2,(H,7,8)(H,9,10)(H,11,12);2,4H,1H3,(H,5,6). The van der Waals surface area contributed by atoms with Gasteiger partial charge in [-0.05, 0) is 19.1 Å². The van der Waals surface area contributed by atoms with Crippen LogP contribution >= 0.6 is 0 Å². The van der Waals surface area contributed by atoms with Gasteiger partial charge in [-0.2, -0.15) is 0 Å². The molecule has 0 aliphatic carbocycles. The van der Waals surface area contributed by atoms with Crippen LogP contribution in [-0.2, 0) is 19.2 Å². The summed E-state index contributed by atoms with van der Waals surface area (Å²) in [5.74, 6) is -7.08. The fraction of sp³-hybridized carbons (Fsp3) is 0.312. The van der Waals surface area contributed by atoms with E-state index in [1.54, 1.807) is 30.3 Å². The first-order valence-electron chi connectivity index (χ1n) is 7.31. The minimum atomic E-state index is -2.74. The number of carbonyl (C=O) groups is 5. The van der Waals surface area contributed by atoms with E-state index >= 15 is 0 Å². The molecule has 28 heavy (non-hydrogen) atoms. The Balaban J connectivity index is 0. The average molecular weight is 404 g/mol. The third-order valence-corrected chi connectivity index (χ3v) is 2.66. The van der Waals surface area contributed by atoms with Gasteiger partial charge < -0.3 is 35.7 Å². The first-order chi connectivity index (χ1) is 12.7. The Morgan fingerprint density at radius 2 is 1.21 bits per heavy atom. The van der Waals surface area contributed by atoms with Crippen molar-refractivity contribution in [1.29, 1.82) is 0 Å². The SMILES string of the molecule is CC(O)C(=O)O.O=C(O)CC(O)(CC(=O)O)C(=O)O.O=C(O)c1ccccc1. The van der Waals surface area contributed by atoms with E-state index < -0.39 is 54.4 Å². The molecule has 12 heteroatoms. The molecule has 7 N–H and O–H groups in total. The van der Waals surface area contributed by atoms with E-state index in [0.717, 1.165) is 0 Å². The average Bonchev–Trinajstić information content (AvgIpc) is 2.55. The number of aliphatic hydroxyl groups excluding tert-OH is 1. The lowest BCUT2D eigenvalue weighted by Gasteiger charge is -2.18. The Hall–Kier alpha value is -3.51. The van der Waals surface area contributed by atoms with Gasteiger partial charge in [0.05, 0.1) is 18.4 Å². The van der Waals surface area contributed by atoms with Crippen molar-refractivity contribution >= 4 is 29.8 Å². The van der Waals surface area contributed by atoms with Crippen LogP contribution in [-0.4, -0.2) is 77.3 Å². The Bertz CT molecular complexity index is 664. The van der Waals surface area contributed by atoms with Crippen molar-refractivity contribution in [3.8, 4) is 0 Å². The normalized spacial score (nSPS) is 10.8. The number of hydrogen-bond acceptors (Lipinski definition) is 7. The number of aliphatic carboxylic acids is 4. The molecule has 0 spiro atoms. The quantitative estimate of drug-likeness (QED) is 0.307. The van der Waals surface area contributed by atoms with Gasteiger partial charge in [0.15, 0.2) is 5.60 Å². The second-order valence-corrected chi connectivity index (χ2v) is 5.16. The maximum absolute atomic E-state index is 10.3. The summed E-state index contributed by atoms with van der Waals surface area (Å²) >= 11 is 0. The third kappa shape index (κ3) is 12.8. The van der Waals surface area contributed by atoms with Crippen LogP contribution in [0.5, 0.6) is 0 Å². The van der Waals surface area contributed by atoms with E-state index in [4.69, 9.17) is 35.7 Å². The van der Waals surface area contributed by atoms with Crippen molar-refractivity contribution < 1.29 is 59.7 Å². The Morgan fingerprint density at radius 1 is 0.857 bits per heavy atom. The van der Waals surface area contributed by atoms with Crippen molar-refractivity contribution in [1.82, 2.24) is 0 Å². The monoisotopic (exact) mass is 404 g/mol. The van der Waals surface area contributed by atoms with Crippen LogP contribution in [0.15, 0.2) is 30.3 Å². The van der Waals surface area contributed by atoms with Gasteiger partial charge in [-0.25, -0.2) is 14.4 Å². The fourth-order valence-electron chi connectivity index (χ4n) is 1.29. The highest BCUT2D eigenvalue weighted by molar-refractivity contribution is 5.88. The van der Waals surface area contributed by atoms with Crippen LogP contribution in [0, 0.1) is 0 Å². The second-order valence-electron chi connectivity index (χ2n) is 5.16. The number of carboxylic acids is 5. The summed E-state index contributed by atoms with van der Waals surface area (Å²) in [4.78, 5) is 50.1. The van der Waals surface area contributed by atoms with E-state index in [-0.39, 0.29) is 0 Å². The van der Waals surface area contributed by atoms with Gasteiger partial charge in [0, 0.05) is 0 Å². The van der Waals surface area contributed by atoms with Gasteiger partial charge in [0.1, 0.15) is 6.10 Å². The van der Waals surface area contributed by atoms with Crippen LogP contribution in [0.3, 0.4) is 0 Å². The highest BCUT2D eigenvalue weighted by Crippen LogP contribution is 2.15. The fourth-order valence-corrected chi connectivity index (χ4v) is 1.29. The molecule has 1 unspecified atom stereocenters. The molecule has 1 aromatic carbocycles. The predicted octanol–water partition coefficient (Wildman–Crippen LogP) is -0.412. The number of aromatic carboxylic acids is 1. The van der Waals surface area contributed by atoms with Crippen LogP contribution < -0.4 is 0 Å². The zero-order valence-corrected chi connectivity index (χ0v) is 14.6. The smallest absolute Gasteiger partial charge is 0.336 e. The molecule has 0 amide bonds. The molecular weight excluding hydrogens is 384 g/mol. The van der Waals surface area contributed by atoms with Gasteiger partial charge in [-0.3, -0.25) is 9.59 Å². The molecule has 1 aromatic rings. The van der Waals surface area contributed by atoms with Gasteiger partial charge in [0.25, 0.3) is 0 Å². The van der Waals surface area contributed by atoms with E-state index in [2.05, 4.69) is 0 Å². The second kappa shape index (κ2) is 12.8. The summed E-state index contributed by atoms with van der Waals surface area (Å²) in [5.41, 5.74) is -2.41. The zero-order valence-electron chi connectivity index (χ0n) is 14.6. The van der Waals surface area contributed by atoms with Crippen LogP contribution in [0.2, 0.25) is 0 Å². The number of hydrogen-bond donors (Lipinski definition) is 7. The van der Waals surface area contributed by atoms with Crippen molar-refractivity contribution in [3.63, 3.8) is 0 Å². The molecule has 0 bridgehead atoms. The zero-order chi connectivity index (χ0) is 22.5. The molecule has 0 fully saturated rings. The molecule has 0 aliphatic heterocycles. The first kappa shape index (κ1) is 26.7. The van der Waals surface area contributed by atoms with Crippen LogP contribution in [0.25, 0.3) is 0 Å². The highest BCUT2D eigenvalue weighted by Gasteiger charge is 2.40. The van der Waals surface area contributed by atoms with Crippen LogP contribution in [0.4, 0.5) is 0 Å². The minimum absolute atomic E-state index is 0.331. The first-order valence-corrected chi connectivity index (χ1v) is 7.31. The van der Waals surface area contributed by atoms with E-state index in [1.165, 1.54) is 6.92 Å². The minimum Gasteiger partial charge on any atom is -0.481 e. The van der Waals surface area contributed by atoms with Crippen molar-refractivity contribution in [2.45, 2.75) is 31.5 Å². The lowest BCUT2D eigenvalue weighted by Crippen LogP contribution is -2.42. The van der Waals surface area contributed by atoms with Gasteiger partial charge in [0.2, 0.25) is 0 Å². The third-order valence-electron chi connectivity index (χ3n) is 2.66. The van der Waals surface area contributed by atoms with E-state index in [1.807, 2.05) is 0 Å². The lowest BCUT2D eigenvalue weighted by molar-refractivity contribution is -0.170. The molecule has 12 nitrogen and oxygen atoms in total. The van der Waals surface area contributed by atoms with Crippen molar-refractivity contribution in [2.75, 3.05) is 0 Å². The molecule has 0 saturated heterocycles. The summed E-state index contributed by atoms with van der Waals surface area (Å²) in [6.07, 6.45) is -3.52. The Morgan fingerprint density at radius 3 is 1.39 bits per heavy atom. The molecular formula is C16H20O12. The van der Waals surface area contributed by atoms with Crippen molar-refractivity contribution in [3.05, 3.63) is 35.9 Å². The Labute approximate surface area is 157 Å². The molecule has 0 saturated carbocycles. The lowest BCUT2D eigenvalue weighted by atomic mass is 9.96. The van der Waals surface area contributed by atoms with E-state index in [9.17, 15) is 24.0 Å². The summed E-state index contributed by atoms with van der Waals surface area (Å²) in [7, 11) is 0. The number of rotatable bonds is 7. The molecule has 0 heterocycles. The van der Waals surface area contributed by atoms with Crippen LogP contribution in [0.1, 0.15) is 30.1 Å². The summed E-state index contributed by atoms with van der Waals surface area (Å²) in [6, 6.07) is 8.30.